The van der Waals surface area contributed by atoms with Crippen molar-refractivity contribution in [2.45, 2.75) is 45.8 Å². The smallest absolute Gasteiger partial charge is 0.400 e. The van der Waals surface area contributed by atoms with Crippen LogP contribution in [0.4, 0.5) is 0 Å². The largest absolute Gasteiger partial charge is 0.491 e. The van der Waals surface area contributed by atoms with Gasteiger partial charge in [-0.25, -0.2) is 0 Å². The first-order chi connectivity index (χ1) is 10.2. The molecule has 2 rings (SSSR count). The van der Waals surface area contributed by atoms with E-state index >= 15 is 0 Å². The second kappa shape index (κ2) is 6.36. The number of halogens is 1. The molecule has 120 valence electrons. The standard InChI is InChI=1S/C17H25BClNO2/c1-12-13(8-7-9-15(12)19)10-14(11-20-6)18-21-16(2,3)17(4,5)22-18/h7-10,20H,11H2,1-6H3. The van der Waals surface area contributed by atoms with E-state index in [9.17, 15) is 0 Å². The van der Waals surface area contributed by atoms with Crippen LogP contribution in [0.15, 0.2) is 23.7 Å². The van der Waals surface area contributed by atoms with Crippen molar-refractivity contribution in [1.29, 1.82) is 0 Å². The second-order valence-corrected chi connectivity index (χ2v) is 7.20. The van der Waals surface area contributed by atoms with Gasteiger partial charge in [0, 0.05) is 11.6 Å². The second-order valence-electron chi connectivity index (χ2n) is 6.79. The van der Waals surface area contributed by atoms with E-state index < -0.39 is 0 Å². The summed E-state index contributed by atoms with van der Waals surface area (Å²) in [6, 6.07) is 5.92. The van der Waals surface area contributed by atoms with Gasteiger partial charge in [0.2, 0.25) is 0 Å². The highest BCUT2D eigenvalue weighted by atomic mass is 35.5. The van der Waals surface area contributed by atoms with Crippen molar-refractivity contribution in [2.24, 2.45) is 0 Å². The Kier molecular flexibility index (Phi) is 5.08. The van der Waals surface area contributed by atoms with E-state index in [1.54, 1.807) is 0 Å². The first kappa shape index (κ1) is 17.5. The van der Waals surface area contributed by atoms with E-state index in [1.165, 1.54) is 0 Å². The lowest BCUT2D eigenvalue weighted by molar-refractivity contribution is 0.00578. The lowest BCUT2D eigenvalue weighted by Crippen LogP contribution is -2.41. The molecule has 1 aliphatic heterocycles. The molecule has 1 N–H and O–H groups in total. The van der Waals surface area contributed by atoms with Crippen molar-refractivity contribution in [2.75, 3.05) is 13.6 Å². The topological polar surface area (TPSA) is 30.5 Å². The first-order valence-corrected chi connectivity index (χ1v) is 8.01. The fourth-order valence-corrected chi connectivity index (χ4v) is 2.56. The van der Waals surface area contributed by atoms with Crippen LogP contribution in [0, 0.1) is 6.92 Å². The van der Waals surface area contributed by atoms with Crippen molar-refractivity contribution in [3.8, 4) is 0 Å². The summed E-state index contributed by atoms with van der Waals surface area (Å²) in [4.78, 5) is 0. The summed E-state index contributed by atoms with van der Waals surface area (Å²) in [5.74, 6) is 0. The van der Waals surface area contributed by atoms with Crippen LogP contribution in [0.1, 0.15) is 38.8 Å². The van der Waals surface area contributed by atoms with E-state index in [0.717, 1.165) is 21.6 Å². The van der Waals surface area contributed by atoms with Crippen molar-refractivity contribution in [1.82, 2.24) is 5.32 Å². The molecule has 0 spiro atoms. The zero-order chi connectivity index (χ0) is 16.5. The minimum absolute atomic E-state index is 0.339. The molecule has 5 heteroatoms. The highest BCUT2D eigenvalue weighted by molar-refractivity contribution is 6.56. The third-order valence-electron chi connectivity index (χ3n) is 4.59. The summed E-state index contributed by atoms with van der Waals surface area (Å²) in [5, 5.41) is 3.96. The van der Waals surface area contributed by atoms with Crippen LogP contribution in [0.5, 0.6) is 0 Å². The Morgan fingerprint density at radius 2 is 1.82 bits per heavy atom. The number of rotatable bonds is 4. The van der Waals surface area contributed by atoms with Crippen molar-refractivity contribution >= 4 is 24.8 Å². The summed E-state index contributed by atoms with van der Waals surface area (Å²) in [6.45, 7) is 11.0. The van der Waals surface area contributed by atoms with Gasteiger partial charge in [0.15, 0.2) is 0 Å². The Morgan fingerprint density at radius 3 is 2.36 bits per heavy atom. The van der Waals surface area contributed by atoms with Gasteiger partial charge in [0.1, 0.15) is 0 Å². The van der Waals surface area contributed by atoms with E-state index in [-0.39, 0.29) is 18.3 Å². The lowest BCUT2D eigenvalue weighted by Gasteiger charge is -2.32. The zero-order valence-electron chi connectivity index (χ0n) is 14.3. The number of nitrogens with one attached hydrogen (secondary N) is 1. The molecule has 1 saturated heterocycles. The number of likely N-dealkylation sites (N-methyl/N-ethyl adjacent to an activating group) is 1. The Bertz CT molecular complexity index is 568. The Labute approximate surface area is 139 Å². The highest BCUT2D eigenvalue weighted by Crippen LogP contribution is 2.38. The van der Waals surface area contributed by atoms with Gasteiger partial charge in [-0.3, -0.25) is 0 Å². The monoisotopic (exact) mass is 321 g/mol. The van der Waals surface area contributed by atoms with Gasteiger partial charge in [-0.05, 0) is 64.3 Å². The number of hydrogen-bond acceptors (Lipinski definition) is 3. The molecule has 1 aliphatic rings. The molecular weight excluding hydrogens is 296 g/mol. The summed E-state index contributed by atoms with van der Waals surface area (Å²) < 4.78 is 12.3. The first-order valence-electron chi connectivity index (χ1n) is 7.64. The predicted octanol–water partition coefficient (Wildman–Crippen LogP) is 3.88. The van der Waals surface area contributed by atoms with Gasteiger partial charge >= 0.3 is 7.12 Å². The molecule has 1 aromatic rings. The van der Waals surface area contributed by atoms with Crippen LogP contribution in [-0.2, 0) is 9.31 Å². The van der Waals surface area contributed by atoms with E-state index in [4.69, 9.17) is 20.9 Å². The van der Waals surface area contributed by atoms with Crippen molar-refractivity contribution < 1.29 is 9.31 Å². The SMILES string of the molecule is CNCC(=Cc1cccc(Cl)c1C)B1OC(C)(C)C(C)(C)O1. The van der Waals surface area contributed by atoms with Crippen molar-refractivity contribution in [3.63, 3.8) is 0 Å². The molecule has 0 unspecified atom stereocenters. The molecular formula is C17H25BClNO2. The summed E-state index contributed by atoms with van der Waals surface area (Å²) in [5.41, 5.74) is 2.54. The molecule has 1 aromatic carbocycles. The van der Waals surface area contributed by atoms with Crippen LogP contribution >= 0.6 is 11.6 Å². The van der Waals surface area contributed by atoms with Gasteiger partial charge in [-0.15, -0.1) is 0 Å². The highest BCUT2D eigenvalue weighted by Gasteiger charge is 2.52. The van der Waals surface area contributed by atoms with Crippen LogP contribution in [0.2, 0.25) is 5.02 Å². The maximum Gasteiger partial charge on any atom is 0.491 e. The van der Waals surface area contributed by atoms with Gasteiger partial charge in [-0.1, -0.05) is 29.8 Å². The molecule has 0 bridgehead atoms. The fraction of sp³-hybridized carbons (Fsp3) is 0.529. The molecule has 0 atom stereocenters. The number of hydrogen-bond donors (Lipinski definition) is 1. The van der Waals surface area contributed by atoms with Crippen LogP contribution in [0.25, 0.3) is 6.08 Å². The molecule has 1 fully saturated rings. The summed E-state index contributed by atoms with van der Waals surface area (Å²) in [6.07, 6.45) is 2.11. The molecule has 22 heavy (non-hydrogen) atoms. The quantitative estimate of drug-likeness (QED) is 0.854. The maximum absolute atomic E-state index is 6.22. The summed E-state index contributed by atoms with van der Waals surface area (Å²) >= 11 is 6.22. The normalized spacial score (nSPS) is 20.5. The van der Waals surface area contributed by atoms with Gasteiger partial charge in [-0.2, -0.15) is 0 Å². The van der Waals surface area contributed by atoms with Crippen molar-refractivity contribution in [3.05, 3.63) is 39.8 Å². The third kappa shape index (κ3) is 3.41. The molecule has 0 saturated carbocycles. The average molecular weight is 322 g/mol. The maximum atomic E-state index is 6.22. The Hall–Kier alpha value is -0.805. The fourth-order valence-electron chi connectivity index (χ4n) is 2.38. The molecule has 0 aromatic heterocycles. The molecule has 0 aliphatic carbocycles. The summed E-state index contributed by atoms with van der Waals surface area (Å²) in [7, 11) is 1.57. The average Bonchev–Trinajstić information content (AvgIpc) is 2.63. The molecule has 1 heterocycles. The minimum atomic E-state index is -0.351. The minimum Gasteiger partial charge on any atom is -0.400 e. The van der Waals surface area contributed by atoms with Crippen LogP contribution in [-0.4, -0.2) is 31.9 Å². The third-order valence-corrected chi connectivity index (χ3v) is 5.00. The Balaban J connectivity index is 2.35. The number of benzene rings is 1. The van der Waals surface area contributed by atoms with Gasteiger partial charge in [0.05, 0.1) is 11.2 Å². The molecule has 0 amide bonds. The zero-order valence-corrected chi connectivity index (χ0v) is 15.0. The molecule has 0 radical (unpaired) electrons. The predicted molar refractivity (Wildman–Crippen MR) is 94.2 cm³/mol. The van der Waals surface area contributed by atoms with Crippen LogP contribution < -0.4 is 5.32 Å². The van der Waals surface area contributed by atoms with Gasteiger partial charge < -0.3 is 14.6 Å². The van der Waals surface area contributed by atoms with E-state index in [2.05, 4.69) is 45.2 Å². The Morgan fingerprint density at radius 1 is 1.23 bits per heavy atom. The van der Waals surface area contributed by atoms with E-state index in [1.807, 2.05) is 26.1 Å². The van der Waals surface area contributed by atoms with Gasteiger partial charge in [0.25, 0.3) is 0 Å². The molecule has 3 nitrogen and oxygen atoms in total. The van der Waals surface area contributed by atoms with E-state index in [0.29, 0.717) is 6.54 Å². The lowest BCUT2D eigenvalue weighted by atomic mass is 9.76. The van der Waals surface area contributed by atoms with Crippen LogP contribution in [0.3, 0.4) is 0 Å².